The van der Waals surface area contributed by atoms with E-state index in [1.54, 1.807) is 0 Å². The zero-order chi connectivity index (χ0) is 10.3. The SMILES string of the molecule is C=C(C)N1CC(C)(C)OC(C)(C)C1. The third-order valence-electron chi connectivity index (χ3n) is 2.24. The fraction of sp³-hybridized carbons (Fsp3) is 0.818. The molecule has 13 heavy (non-hydrogen) atoms. The molecule has 0 spiro atoms. The first kappa shape index (κ1) is 10.6. The predicted octanol–water partition coefficient (Wildman–Crippen LogP) is 2.41. The maximum Gasteiger partial charge on any atom is 0.0808 e. The third kappa shape index (κ3) is 2.73. The topological polar surface area (TPSA) is 12.5 Å². The maximum absolute atomic E-state index is 5.96. The van der Waals surface area contributed by atoms with Crippen molar-refractivity contribution in [3.63, 3.8) is 0 Å². The summed E-state index contributed by atoms with van der Waals surface area (Å²) < 4.78 is 5.96. The lowest BCUT2D eigenvalue weighted by molar-refractivity contribution is -0.173. The first-order valence-corrected chi connectivity index (χ1v) is 4.82. The van der Waals surface area contributed by atoms with Crippen LogP contribution >= 0.6 is 0 Å². The lowest BCUT2D eigenvalue weighted by Gasteiger charge is -2.48. The molecular weight excluding hydrogens is 162 g/mol. The Balaban J connectivity index is 2.78. The second-order valence-electron chi connectivity index (χ2n) is 5.21. The number of hydrogen-bond donors (Lipinski definition) is 0. The molecule has 0 aromatic carbocycles. The molecule has 0 bridgehead atoms. The molecule has 1 fully saturated rings. The summed E-state index contributed by atoms with van der Waals surface area (Å²) in [5.74, 6) is 0. The minimum Gasteiger partial charge on any atom is -0.370 e. The van der Waals surface area contributed by atoms with Crippen LogP contribution in [0, 0.1) is 0 Å². The number of morpholine rings is 1. The molecule has 0 unspecified atom stereocenters. The minimum absolute atomic E-state index is 0.0688. The van der Waals surface area contributed by atoms with Gasteiger partial charge in [0.25, 0.3) is 0 Å². The van der Waals surface area contributed by atoms with Crippen molar-refractivity contribution in [2.75, 3.05) is 13.1 Å². The maximum atomic E-state index is 5.96. The zero-order valence-corrected chi connectivity index (χ0v) is 9.48. The van der Waals surface area contributed by atoms with Gasteiger partial charge in [0.1, 0.15) is 0 Å². The van der Waals surface area contributed by atoms with E-state index in [0.29, 0.717) is 0 Å². The first-order chi connectivity index (χ1) is 5.72. The molecule has 1 aliphatic rings. The first-order valence-electron chi connectivity index (χ1n) is 4.82. The Labute approximate surface area is 81.6 Å². The summed E-state index contributed by atoms with van der Waals surface area (Å²) in [4.78, 5) is 2.30. The van der Waals surface area contributed by atoms with Gasteiger partial charge >= 0.3 is 0 Å². The largest absolute Gasteiger partial charge is 0.370 e. The van der Waals surface area contributed by atoms with Gasteiger partial charge in [0.05, 0.1) is 11.2 Å². The van der Waals surface area contributed by atoms with Crippen LogP contribution in [0.15, 0.2) is 12.3 Å². The van der Waals surface area contributed by atoms with Gasteiger partial charge in [0.2, 0.25) is 0 Å². The zero-order valence-electron chi connectivity index (χ0n) is 9.48. The van der Waals surface area contributed by atoms with Crippen LogP contribution in [-0.4, -0.2) is 29.2 Å². The highest BCUT2D eigenvalue weighted by Gasteiger charge is 2.37. The van der Waals surface area contributed by atoms with E-state index in [2.05, 4.69) is 46.1 Å². The molecule has 0 aromatic rings. The van der Waals surface area contributed by atoms with Crippen molar-refractivity contribution in [1.29, 1.82) is 0 Å². The minimum atomic E-state index is -0.0688. The summed E-state index contributed by atoms with van der Waals surface area (Å²) in [5.41, 5.74) is 0.992. The van der Waals surface area contributed by atoms with Gasteiger partial charge < -0.3 is 9.64 Å². The van der Waals surface area contributed by atoms with Gasteiger partial charge in [-0.05, 0) is 34.6 Å². The van der Waals surface area contributed by atoms with Crippen molar-refractivity contribution in [3.05, 3.63) is 12.3 Å². The number of rotatable bonds is 1. The second kappa shape index (κ2) is 3.02. The fourth-order valence-corrected chi connectivity index (χ4v) is 2.06. The molecule has 1 rings (SSSR count). The van der Waals surface area contributed by atoms with E-state index in [1.807, 2.05) is 0 Å². The summed E-state index contributed by atoms with van der Waals surface area (Å²) in [6.07, 6.45) is 0. The summed E-state index contributed by atoms with van der Waals surface area (Å²) >= 11 is 0. The van der Waals surface area contributed by atoms with Crippen LogP contribution in [0.3, 0.4) is 0 Å². The molecule has 0 radical (unpaired) electrons. The van der Waals surface area contributed by atoms with Crippen LogP contribution in [0.1, 0.15) is 34.6 Å². The van der Waals surface area contributed by atoms with Crippen LogP contribution in [0.2, 0.25) is 0 Å². The Bertz CT molecular complexity index is 202. The number of nitrogens with zero attached hydrogens (tertiary/aromatic N) is 1. The Kier molecular flexibility index (Phi) is 2.46. The second-order valence-corrected chi connectivity index (χ2v) is 5.21. The van der Waals surface area contributed by atoms with Gasteiger partial charge in [-0.3, -0.25) is 0 Å². The van der Waals surface area contributed by atoms with E-state index in [1.165, 1.54) is 0 Å². The normalized spacial score (nSPS) is 25.8. The Morgan fingerprint density at radius 2 is 1.54 bits per heavy atom. The van der Waals surface area contributed by atoms with Crippen molar-refractivity contribution >= 4 is 0 Å². The van der Waals surface area contributed by atoms with E-state index in [9.17, 15) is 0 Å². The molecular formula is C11H21NO. The highest BCUT2D eigenvalue weighted by atomic mass is 16.5. The van der Waals surface area contributed by atoms with Gasteiger partial charge in [-0.25, -0.2) is 0 Å². The molecule has 2 nitrogen and oxygen atoms in total. The van der Waals surface area contributed by atoms with Crippen molar-refractivity contribution < 1.29 is 4.74 Å². The fourth-order valence-electron chi connectivity index (χ4n) is 2.06. The smallest absolute Gasteiger partial charge is 0.0808 e. The Hall–Kier alpha value is -0.500. The van der Waals surface area contributed by atoms with Crippen LogP contribution < -0.4 is 0 Å². The monoisotopic (exact) mass is 183 g/mol. The molecule has 0 atom stereocenters. The molecule has 1 saturated heterocycles. The third-order valence-corrected chi connectivity index (χ3v) is 2.24. The van der Waals surface area contributed by atoms with Gasteiger partial charge in [-0.15, -0.1) is 0 Å². The number of allylic oxidation sites excluding steroid dienone is 1. The average Bonchev–Trinajstić information content (AvgIpc) is 1.79. The molecule has 0 N–H and O–H groups in total. The van der Waals surface area contributed by atoms with Crippen LogP contribution in [0.25, 0.3) is 0 Å². The Morgan fingerprint density at radius 1 is 1.15 bits per heavy atom. The quantitative estimate of drug-likeness (QED) is 0.619. The van der Waals surface area contributed by atoms with Crippen LogP contribution in [0.4, 0.5) is 0 Å². The van der Waals surface area contributed by atoms with E-state index in [-0.39, 0.29) is 11.2 Å². The standard InChI is InChI=1S/C11H21NO/c1-9(2)12-7-10(3,4)13-11(5,6)8-12/h1,7-8H2,2-6H3. The summed E-state index contributed by atoms with van der Waals surface area (Å²) in [5, 5.41) is 0. The van der Waals surface area contributed by atoms with E-state index >= 15 is 0 Å². The van der Waals surface area contributed by atoms with Crippen LogP contribution in [0.5, 0.6) is 0 Å². The molecule has 0 aromatic heterocycles. The lowest BCUT2D eigenvalue weighted by atomic mass is 9.99. The Morgan fingerprint density at radius 3 is 1.85 bits per heavy atom. The summed E-state index contributed by atoms with van der Waals surface area (Å²) in [7, 11) is 0. The highest BCUT2D eigenvalue weighted by Crippen LogP contribution is 2.29. The van der Waals surface area contributed by atoms with E-state index in [4.69, 9.17) is 4.74 Å². The van der Waals surface area contributed by atoms with Crippen molar-refractivity contribution in [3.8, 4) is 0 Å². The summed E-state index contributed by atoms with van der Waals surface area (Å²) in [6, 6.07) is 0. The summed E-state index contributed by atoms with van der Waals surface area (Å²) in [6.45, 7) is 16.4. The molecule has 1 heterocycles. The van der Waals surface area contributed by atoms with Gasteiger partial charge in [-0.2, -0.15) is 0 Å². The molecule has 2 heteroatoms. The van der Waals surface area contributed by atoms with Crippen LogP contribution in [-0.2, 0) is 4.74 Å². The van der Waals surface area contributed by atoms with Crippen molar-refractivity contribution in [2.45, 2.75) is 45.8 Å². The molecule has 1 aliphatic heterocycles. The lowest BCUT2D eigenvalue weighted by Crippen LogP contribution is -2.56. The van der Waals surface area contributed by atoms with Crippen molar-refractivity contribution in [2.24, 2.45) is 0 Å². The van der Waals surface area contributed by atoms with Crippen molar-refractivity contribution in [1.82, 2.24) is 4.90 Å². The van der Waals surface area contributed by atoms with Gasteiger partial charge in [0.15, 0.2) is 0 Å². The average molecular weight is 183 g/mol. The van der Waals surface area contributed by atoms with Gasteiger partial charge in [0, 0.05) is 18.8 Å². The highest BCUT2D eigenvalue weighted by molar-refractivity contribution is 4.99. The van der Waals surface area contributed by atoms with Gasteiger partial charge in [-0.1, -0.05) is 6.58 Å². The van der Waals surface area contributed by atoms with E-state index in [0.717, 1.165) is 18.8 Å². The molecule has 76 valence electrons. The molecule has 0 aliphatic carbocycles. The van der Waals surface area contributed by atoms with E-state index < -0.39 is 0 Å². The molecule has 0 saturated carbocycles. The predicted molar refractivity (Wildman–Crippen MR) is 55.6 cm³/mol. The number of hydrogen-bond acceptors (Lipinski definition) is 2. The molecule has 0 amide bonds. The number of ether oxygens (including phenoxy) is 1.